The average molecular weight is 213 g/mol. The quantitative estimate of drug-likeness (QED) is 0.755. The van der Waals surface area contributed by atoms with Gasteiger partial charge in [-0.05, 0) is 43.4 Å². The number of rotatable bonds is 3. The molecule has 4 atom stereocenters. The van der Waals surface area contributed by atoms with E-state index in [1.54, 1.807) is 0 Å². The predicted octanol–water partition coefficient (Wildman–Crippen LogP) is 2.25. The van der Waals surface area contributed by atoms with Crippen LogP contribution in [0.4, 0.5) is 0 Å². The third kappa shape index (κ3) is 2.71. The van der Waals surface area contributed by atoms with E-state index in [4.69, 9.17) is 10.8 Å². The molecule has 0 radical (unpaired) electrons. The maximum absolute atomic E-state index is 10.9. The van der Waals surface area contributed by atoms with Gasteiger partial charge in [0.1, 0.15) is 0 Å². The molecule has 1 fully saturated rings. The number of nitrogens with two attached hydrogens (primary N) is 1. The Balaban J connectivity index is 2.78. The van der Waals surface area contributed by atoms with Crippen molar-refractivity contribution in [3.63, 3.8) is 0 Å². The van der Waals surface area contributed by atoms with E-state index in [2.05, 4.69) is 13.8 Å². The minimum Gasteiger partial charge on any atom is -0.481 e. The summed E-state index contributed by atoms with van der Waals surface area (Å²) in [7, 11) is 0. The smallest absolute Gasteiger partial charge is 0.303 e. The monoisotopic (exact) mass is 213 g/mol. The zero-order valence-electron chi connectivity index (χ0n) is 9.99. The van der Waals surface area contributed by atoms with Crippen LogP contribution in [0.2, 0.25) is 0 Å². The number of carbonyl (C=O) groups is 1. The van der Waals surface area contributed by atoms with Gasteiger partial charge < -0.3 is 10.8 Å². The first-order chi connectivity index (χ1) is 6.87. The van der Waals surface area contributed by atoms with Crippen LogP contribution < -0.4 is 5.73 Å². The molecule has 3 nitrogen and oxygen atoms in total. The highest BCUT2D eigenvalue weighted by atomic mass is 16.4. The highest BCUT2D eigenvalue weighted by molar-refractivity contribution is 5.67. The van der Waals surface area contributed by atoms with Gasteiger partial charge in [-0.1, -0.05) is 13.8 Å². The summed E-state index contributed by atoms with van der Waals surface area (Å²) in [5.74, 6) is 0.573. The first-order valence-electron chi connectivity index (χ1n) is 5.85. The molecule has 3 heteroatoms. The molecule has 0 bridgehead atoms. The number of hydrogen-bond donors (Lipinski definition) is 2. The molecule has 88 valence electrons. The number of aliphatic carboxylic acids is 1. The Labute approximate surface area is 92.0 Å². The minimum atomic E-state index is -0.714. The van der Waals surface area contributed by atoms with Crippen LogP contribution in [-0.4, -0.2) is 17.1 Å². The largest absolute Gasteiger partial charge is 0.481 e. The van der Waals surface area contributed by atoms with Crippen molar-refractivity contribution in [2.45, 2.75) is 52.5 Å². The van der Waals surface area contributed by atoms with E-state index >= 15 is 0 Å². The third-order valence-corrected chi connectivity index (χ3v) is 4.27. The van der Waals surface area contributed by atoms with E-state index in [1.165, 1.54) is 0 Å². The molecule has 0 aliphatic heterocycles. The van der Waals surface area contributed by atoms with Crippen molar-refractivity contribution in [2.24, 2.45) is 23.0 Å². The molecule has 0 amide bonds. The van der Waals surface area contributed by atoms with Crippen molar-refractivity contribution >= 4 is 5.97 Å². The maximum atomic E-state index is 10.9. The van der Waals surface area contributed by atoms with Gasteiger partial charge in [0.2, 0.25) is 0 Å². The van der Waals surface area contributed by atoms with Crippen molar-refractivity contribution in [1.82, 2.24) is 0 Å². The summed E-state index contributed by atoms with van der Waals surface area (Å²) in [5.41, 5.74) is 5.83. The topological polar surface area (TPSA) is 63.3 Å². The zero-order chi connectivity index (χ0) is 11.6. The number of carboxylic acid groups (broad SMARTS) is 1. The molecule has 0 aromatic carbocycles. The lowest BCUT2D eigenvalue weighted by Crippen LogP contribution is -2.45. The second kappa shape index (κ2) is 4.52. The van der Waals surface area contributed by atoms with Crippen LogP contribution in [0, 0.1) is 17.3 Å². The van der Waals surface area contributed by atoms with Crippen molar-refractivity contribution < 1.29 is 9.90 Å². The van der Waals surface area contributed by atoms with Gasteiger partial charge in [-0.25, -0.2) is 0 Å². The van der Waals surface area contributed by atoms with Gasteiger partial charge in [0.25, 0.3) is 0 Å². The molecule has 0 aromatic rings. The molecule has 0 aromatic heterocycles. The average Bonchev–Trinajstić information content (AvgIpc) is 2.10. The normalized spacial score (nSPS) is 38.7. The Morgan fingerprint density at radius 3 is 2.53 bits per heavy atom. The van der Waals surface area contributed by atoms with Gasteiger partial charge in [-0.15, -0.1) is 0 Å². The number of hydrogen-bond acceptors (Lipinski definition) is 2. The summed E-state index contributed by atoms with van der Waals surface area (Å²) in [4.78, 5) is 10.9. The summed E-state index contributed by atoms with van der Waals surface area (Å²) in [6.07, 6.45) is 3.25. The van der Waals surface area contributed by atoms with Gasteiger partial charge in [0.05, 0.1) is 6.42 Å². The van der Waals surface area contributed by atoms with Crippen molar-refractivity contribution in [3.8, 4) is 0 Å². The summed E-state index contributed by atoms with van der Waals surface area (Å²) in [6, 6.07) is -0.0245. The molecule has 1 aliphatic carbocycles. The lowest BCUT2D eigenvalue weighted by atomic mass is 9.62. The molecule has 0 spiro atoms. The summed E-state index contributed by atoms with van der Waals surface area (Å²) in [6.45, 7) is 6.41. The fraction of sp³-hybridized carbons (Fsp3) is 0.917. The molecule has 0 heterocycles. The first-order valence-corrected chi connectivity index (χ1v) is 5.85. The van der Waals surface area contributed by atoms with Crippen molar-refractivity contribution in [1.29, 1.82) is 0 Å². The Bertz CT molecular complexity index is 240. The van der Waals surface area contributed by atoms with Crippen LogP contribution in [0.15, 0.2) is 0 Å². The summed E-state index contributed by atoms with van der Waals surface area (Å²) < 4.78 is 0. The van der Waals surface area contributed by atoms with Gasteiger partial charge in [0.15, 0.2) is 0 Å². The fourth-order valence-electron chi connectivity index (χ4n) is 2.78. The highest BCUT2D eigenvalue weighted by Crippen LogP contribution is 2.46. The van der Waals surface area contributed by atoms with Crippen LogP contribution in [0.1, 0.15) is 46.5 Å². The lowest BCUT2D eigenvalue weighted by Gasteiger charge is -2.44. The molecule has 4 unspecified atom stereocenters. The van der Waals surface area contributed by atoms with Crippen LogP contribution in [0.3, 0.4) is 0 Å². The van der Waals surface area contributed by atoms with Crippen molar-refractivity contribution in [3.05, 3.63) is 0 Å². The van der Waals surface area contributed by atoms with Gasteiger partial charge in [0, 0.05) is 6.04 Å². The standard InChI is InChI=1S/C12H23NO2/c1-8-4-5-12(10(3)13,6-9(8)2)7-11(14)15/h8-10H,4-7,13H2,1-3H3,(H,14,15). The van der Waals surface area contributed by atoms with E-state index < -0.39 is 5.97 Å². The van der Waals surface area contributed by atoms with E-state index in [1.807, 2.05) is 6.92 Å². The summed E-state index contributed by atoms with van der Waals surface area (Å²) >= 11 is 0. The molecule has 15 heavy (non-hydrogen) atoms. The minimum absolute atomic E-state index is 0.0245. The van der Waals surface area contributed by atoms with Crippen molar-refractivity contribution in [2.75, 3.05) is 0 Å². The first kappa shape index (κ1) is 12.5. The molecular weight excluding hydrogens is 190 g/mol. The SMILES string of the molecule is CC1CCC(CC(=O)O)(C(C)N)CC1C. The molecule has 0 saturated heterocycles. The predicted molar refractivity (Wildman–Crippen MR) is 60.5 cm³/mol. The molecule has 1 rings (SSSR count). The van der Waals surface area contributed by atoms with Gasteiger partial charge >= 0.3 is 5.97 Å². The van der Waals surface area contributed by atoms with E-state index in [0.717, 1.165) is 19.3 Å². The lowest BCUT2D eigenvalue weighted by molar-refractivity contribution is -0.141. The Kier molecular flexibility index (Phi) is 3.77. The van der Waals surface area contributed by atoms with E-state index in [0.29, 0.717) is 11.8 Å². The molecular formula is C12H23NO2. The molecule has 1 aliphatic rings. The molecule has 1 saturated carbocycles. The zero-order valence-corrected chi connectivity index (χ0v) is 9.99. The Hall–Kier alpha value is -0.570. The van der Waals surface area contributed by atoms with Crippen LogP contribution in [-0.2, 0) is 4.79 Å². The van der Waals surface area contributed by atoms with Crippen LogP contribution >= 0.6 is 0 Å². The van der Waals surface area contributed by atoms with E-state index in [9.17, 15) is 4.79 Å². The third-order valence-electron chi connectivity index (χ3n) is 4.27. The van der Waals surface area contributed by atoms with Crippen LogP contribution in [0.5, 0.6) is 0 Å². The number of carboxylic acids is 1. The molecule has 3 N–H and O–H groups in total. The second-order valence-corrected chi connectivity index (χ2v) is 5.42. The Morgan fingerprint density at radius 1 is 1.53 bits per heavy atom. The van der Waals surface area contributed by atoms with E-state index in [-0.39, 0.29) is 17.9 Å². The fourth-order valence-corrected chi connectivity index (χ4v) is 2.78. The summed E-state index contributed by atoms with van der Waals surface area (Å²) in [5, 5.41) is 8.98. The second-order valence-electron chi connectivity index (χ2n) is 5.42. The van der Waals surface area contributed by atoms with Gasteiger partial charge in [-0.3, -0.25) is 4.79 Å². The van der Waals surface area contributed by atoms with Gasteiger partial charge in [-0.2, -0.15) is 0 Å². The Morgan fingerprint density at radius 2 is 2.13 bits per heavy atom. The maximum Gasteiger partial charge on any atom is 0.303 e. The highest BCUT2D eigenvalue weighted by Gasteiger charge is 2.41. The van der Waals surface area contributed by atoms with Crippen LogP contribution in [0.25, 0.3) is 0 Å².